The molecule has 0 amide bonds. The first-order chi connectivity index (χ1) is 10.7. The van der Waals surface area contributed by atoms with Crippen LogP contribution >= 0.6 is 23.6 Å². The summed E-state index contributed by atoms with van der Waals surface area (Å²) in [4.78, 5) is 0. The maximum Gasteiger partial charge on any atom is 0.203 e. The van der Waals surface area contributed by atoms with E-state index >= 15 is 0 Å². The van der Waals surface area contributed by atoms with Crippen molar-refractivity contribution in [2.75, 3.05) is 21.3 Å². The lowest BCUT2D eigenvalue weighted by atomic mass is 10.1. The van der Waals surface area contributed by atoms with Gasteiger partial charge in [-0.1, -0.05) is 0 Å². The topological polar surface area (TPSA) is 32.6 Å². The monoisotopic (exact) mass is 337 g/mol. The van der Waals surface area contributed by atoms with E-state index in [9.17, 15) is 0 Å². The second-order valence-electron chi connectivity index (χ2n) is 5.28. The molecule has 1 aliphatic rings. The molecule has 2 aromatic rings. The van der Waals surface area contributed by atoms with E-state index < -0.39 is 0 Å². The predicted molar refractivity (Wildman–Crippen MR) is 90.3 cm³/mol. The molecule has 0 radical (unpaired) electrons. The number of ether oxygens (including phenoxy) is 3. The van der Waals surface area contributed by atoms with Gasteiger partial charge in [-0.25, -0.2) is 0 Å². The van der Waals surface area contributed by atoms with Gasteiger partial charge in [0, 0.05) is 22.6 Å². The van der Waals surface area contributed by atoms with Crippen LogP contribution in [0.1, 0.15) is 30.0 Å². The van der Waals surface area contributed by atoms with E-state index in [1.54, 1.807) is 32.7 Å². The summed E-state index contributed by atoms with van der Waals surface area (Å²) in [5, 5.41) is 2.19. The zero-order valence-corrected chi connectivity index (χ0v) is 14.6. The van der Waals surface area contributed by atoms with Crippen LogP contribution in [0.25, 0.3) is 0 Å². The summed E-state index contributed by atoms with van der Waals surface area (Å²) in [6.07, 6.45) is 2.52. The van der Waals surface area contributed by atoms with Gasteiger partial charge in [0.05, 0.1) is 27.9 Å². The van der Waals surface area contributed by atoms with Crippen molar-refractivity contribution in [3.8, 4) is 17.2 Å². The second kappa shape index (κ2) is 6.30. The van der Waals surface area contributed by atoms with Crippen LogP contribution in [-0.4, -0.2) is 25.9 Å². The van der Waals surface area contributed by atoms with Crippen LogP contribution in [0, 0.1) is 3.95 Å². The van der Waals surface area contributed by atoms with Crippen molar-refractivity contribution in [3.63, 3.8) is 0 Å². The molecule has 4 nitrogen and oxygen atoms in total. The standard InChI is InChI=1S/C16H19NO3S2/c1-18-13-7-6-11(14(19-2)15(13)20-3)8-17-12(10-4-5-10)9-22-16(17)21/h6-7,9-10H,4-5,8H2,1-3H3. The van der Waals surface area contributed by atoms with Gasteiger partial charge in [-0.2, -0.15) is 0 Å². The quantitative estimate of drug-likeness (QED) is 0.739. The average molecular weight is 337 g/mol. The van der Waals surface area contributed by atoms with Gasteiger partial charge in [-0.15, -0.1) is 11.3 Å². The van der Waals surface area contributed by atoms with Gasteiger partial charge < -0.3 is 18.8 Å². The number of benzene rings is 1. The first kappa shape index (κ1) is 15.4. The zero-order valence-electron chi connectivity index (χ0n) is 12.9. The maximum absolute atomic E-state index is 5.57. The normalized spacial score (nSPS) is 14.0. The summed E-state index contributed by atoms with van der Waals surface area (Å²) in [6.45, 7) is 0.692. The van der Waals surface area contributed by atoms with Crippen molar-refractivity contribution in [1.29, 1.82) is 0 Å². The summed E-state index contributed by atoms with van der Waals surface area (Å²) in [5.74, 6) is 2.66. The van der Waals surface area contributed by atoms with E-state index in [4.69, 9.17) is 26.4 Å². The molecule has 0 N–H and O–H groups in total. The van der Waals surface area contributed by atoms with Crippen LogP contribution in [-0.2, 0) is 6.54 Å². The minimum Gasteiger partial charge on any atom is -0.493 e. The van der Waals surface area contributed by atoms with Crippen molar-refractivity contribution in [2.24, 2.45) is 0 Å². The molecule has 1 saturated carbocycles. The highest BCUT2D eigenvalue weighted by atomic mass is 32.1. The Hall–Kier alpha value is -1.53. The van der Waals surface area contributed by atoms with Gasteiger partial charge in [-0.3, -0.25) is 0 Å². The minimum atomic E-state index is 0.622. The van der Waals surface area contributed by atoms with Gasteiger partial charge >= 0.3 is 0 Å². The van der Waals surface area contributed by atoms with Crippen molar-refractivity contribution in [2.45, 2.75) is 25.3 Å². The number of rotatable bonds is 6. The van der Waals surface area contributed by atoms with Gasteiger partial charge in [0.2, 0.25) is 5.75 Å². The summed E-state index contributed by atoms with van der Waals surface area (Å²) in [7, 11) is 4.89. The van der Waals surface area contributed by atoms with Gasteiger partial charge in [0.15, 0.2) is 15.5 Å². The Kier molecular flexibility index (Phi) is 4.40. The molecule has 0 atom stereocenters. The molecule has 22 heavy (non-hydrogen) atoms. The molecule has 0 spiro atoms. The molecular formula is C16H19NO3S2. The summed E-state index contributed by atoms with van der Waals surface area (Å²) >= 11 is 7.12. The summed E-state index contributed by atoms with van der Waals surface area (Å²) in [6, 6.07) is 3.92. The van der Waals surface area contributed by atoms with Crippen LogP contribution in [0.2, 0.25) is 0 Å². The fourth-order valence-electron chi connectivity index (χ4n) is 2.65. The molecule has 118 valence electrons. The molecule has 0 bridgehead atoms. The Balaban J connectivity index is 2.02. The van der Waals surface area contributed by atoms with Crippen molar-refractivity contribution < 1.29 is 14.2 Å². The maximum atomic E-state index is 5.57. The molecule has 0 saturated heterocycles. The SMILES string of the molecule is COc1ccc(Cn2c(C3CC3)csc2=S)c(OC)c1OC. The third-order valence-corrected chi connectivity index (χ3v) is 5.21. The van der Waals surface area contributed by atoms with Gasteiger partial charge in [0.1, 0.15) is 0 Å². The van der Waals surface area contributed by atoms with E-state index in [1.807, 2.05) is 12.1 Å². The predicted octanol–water partition coefficient (Wildman–Crippen LogP) is 4.23. The largest absolute Gasteiger partial charge is 0.493 e. The zero-order chi connectivity index (χ0) is 15.7. The fraction of sp³-hybridized carbons (Fsp3) is 0.438. The van der Waals surface area contributed by atoms with Crippen LogP contribution in [0.3, 0.4) is 0 Å². The highest BCUT2D eigenvalue weighted by Crippen LogP contribution is 2.43. The Morgan fingerprint density at radius 2 is 1.86 bits per heavy atom. The fourth-order valence-corrected chi connectivity index (χ4v) is 3.81. The lowest BCUT2D eigenvalue weighted by Crippen LogP contribution is -2.06. The molecule has 3 rings (SSSR count). The molecule has 6 heteroatoms. The third kappa shape index (κ3) is 2.73. The van der Waals surface area contributed by atoms with Crippen LogP contribution < -0.4 is 14.2 Å². The third-order valence-electron chi connectivity index (χ3n) is 3.92. The Bertz CT molecular complexity index is 731. The van der Waals surface area contributed by atoms with Crippen LogP contribution in [0.5, 0.6) is 17.2 Å². The summed E-state index contributed by atoms with van der Waals surface area (Å²) in [5.41, 5.74) is 2.38. The molecule has 1 heterocycles. The molecular weight excluding hydrogens is 318 g/mol. The average Bonchev–Trinajstić information content (AvgIpc) is 3.32. The number of methoxy groups -OCH3 is 3. The molecule has 1 aromatic carbocycles. The van der Waals surface area contributed by atoms with Gasteiger partial charge in [-0.05, 0) is 37.2 Å². The first-order valence-corrected chi connectivity index (χ1v) is 8.44. The smallest absolute Gasteiger partial charge is 0.203 e. The second-order valence-corrected chi connectivity index (χ2v) is 6.78. The molecule has 1 aromatic heterocycles. The van der Waals surface area contributed by atoms with Crippen molar-refractivity contribution in [1.82, 2.24) is 4.57 Å². The summed E-state index contributed by atoms with van der Waals surface area (Å²) < 4.78 is 19.5. The lowest BCUT2D eigenvalue weighted by Gasteiger charge is -2.17. The molecule has 1 fully saturated rings. The Labute approximate surface area is 139 Å². The number of thiazole rings is 1. The molecule has 1 aliphatic carbocycles. The van der Waals surface area contributed by atoms with Gasteiger partial charge in [0.25, 0.3) is 0 Å². The van der Waals surface area contributed by atoms with E-state index in [0.29, 0.717) is 29.7 Å². The van der Waals surface area contributed by atoms with Crippen molar-refractivity contribution in [3.05, 3.63) is 32.7 Å². The number of nitrogens with zero attached hydrogens (tertiary/aromatic N) is 1. The Morgan fingerprint density at radius 3 is 2.45 bits per heavy atom. The van der Waals surface area contributed by atoms with E-state index in [-0.39, 0.29) is 0 Å². The van der Waals surface area contributed by atoms with Crippen LogP contribution in [0.4, 0.5) is 0 Å². The highest BCUT2D eigenvalue weighted by Gasteiger charge is 2.27. The van der Waals surface area contributed by atoms with E-state index in [1.165, 1.54) is 18.5 Å². The van der Waals surface area contributed by atoms with E-state index in [0.717, 1.165) is 9.52 Å². The number of hydrogen-bond acceptors (Lipinski definition) is 5. The van der Waals surface area contributed by atoms with Crippen molar-refractivity contribution >= 4 is 23.6 Å². The van der Waals surface area contributed by atoms with Crippen LogP contribution in [0.15, 0.2) is 17.5 Å². The Morgan fingerprint density at radius 1 is 1.14 bits per heavy atom. The minimum absolute atomic E-state index is 0.622. The van der Waals surface area contributed by atoms with E-state index in [2.05, 4.69) is 9.95 Å². The molecule has 0 aliphatic heterocycles. The number of aromatic nitrogens is 1. The first-order valence-electron chi connectivity index (χ1n) is 7.15. The highest BCUT2D eigenvalue weighted by molar-refractivity contribution is 7.73. The lowest BCUT2D eigenvalue weighted by molar-refractivity contribution is 0.321. The number of hydrogen-bond donors (Lipinski definition) is 0. The molecule has 0 unspecified atom stereocenters.